The van der Waals surface area contributed by atoms with E-state index in [1.807, 2.05) is 12.1 Å². The summed E-state index contributed by atoms with van der Waals surface area (Å²) in [4.78, 5) is 15.5. The van der Waals surface area contributed by atoms with Crippen molar-refractivity contribution in [1.82, 2.24) is 10.1 Å². The zero-order valence-electron chi connectivity index (χ0n) is 12.6. The Bertz CT molecular complexity index is 875. The third-order valence-electron chi connectivity index (χ3n) is 3.98. The second kappa shape index (κ2) is 5.88. The minimum atomic E-state index is -0.456. The number of aromatic nitrogens is 2. The van der Waals surface area contributed by atoms with Gasteiger partial charge in [-0.15, -0.1) is 0 Å². The van der Waals surface area contributed by atoms with E-state index >= 15 is 0 Å². The monoisotopic (exact) mass is 324 g/mol. The molecular weight excluding hydrogens is 311 g/mol. The van der Waals surface area contributed by atoms with Gasteiger partial charge in [0, 0.05) is 30.8 Å². The largest absolute Gasteiger partial charge is 0.454 e. The molecule has 5 nitrogen and oxygen atoms in total. The van der Waals surface area contributed by atoms with Gasteiger partial charge in [-0.1, -0.05) is 5.16 Å². The first-order valence-electron chi connectivity index (χ1n) is 7.58. The maximum atomic E-state index is 13.2. The van der Waals surface area contributed by atoms with E-state index in [0.29, 0.717) is 24.3 Å². The lowest BCUT2D eigenvalue weighted by Gasteiger charge is -2.09. The summed E-state index contributed by atoms with van der Waals surface area (Å²) in [6.07, 6.45) is 3.78. The second-order valence-corrected chi connectivity index (χ2v) is 5.53. The van der Waals surface area contributed by atoms with Crippen molar-refractivity contribution in [3.8, 4) is 22.4 Å². The van der Waals surface area contributed by atoms with Gasteiger partial charge in [0.25, 0.3) is 0 Å². The van der Waals surface area contributed by atoms with Crippen LogP contribution >= 0.6 is 0 Å². The predicted molar refractivity (Wildman–Crippen MR) is 83.2 cm³/mol. The van der Waals surface area contributed by atoms with E-state index in [-0.39, 0.29) is 11.8 Å². The number of carbonyl (C=O) groups excluding carboxylic acids is 1. The molecule has 3 heterocycles. The fraction of sp³-hybridized carbons (Fsp3) is 0.167. The van der Waals surface area contributed by atoms with Crippen LogP contribution in [0.2, 0.25) is 0 Å². The first kappa shape index (κ1) is 14.6. The van der Waals surface area contributed by atoms with Crippen LogP contribution < -0.4 is 0 Å². The zero-order valence-corrected chi connectivity index (χ0v) is 12.6. The number of cyclic esters (lactones) is 1. The molecule has 0 saturated carbocycles. The summed E-state index contributed by atoms with van der Waals surface area (Å²) in [5.74, 6) is -0.0653. The molecule has 0 N–H and O–H groups in total. The molecule has 6 heteroatoms. The van der Waals surface area contributed by atoms with Crippen LogP contribution in [0.25, 0.3) is 22.4 Å². The Morgan fingerprint density at radius 2 is 1.79 bits per heavy atom. The number of rotatable bonds is 3. The van der Waals surface area contributed by atoms with Gasteiger partial charge in [0.1, 0.15) is 11.5 Å². The predicted octanol–water partition coefficient (Wildman–Crippen LogP) is 3.92. The summed E-state index contributed by atoms with van der Waals surface area (Å²) in [6.45, 7) is 0. The first-order valence-corrected chi connectivity index (χ1v) is 7.58. The summed E-state index contributed by atoms with van der Waals surface area (Å²) in [5.41, 5.74) is 2.90. The number of ether oxygens (including phenoxy) is 1. The molecule has 0 amide bonds. The highest BCUT2D eigenvalue weighted by atomic mass is 19.1. The van der Waals surface area contributed by atoms with E-state index in [2.05, 4.69) is 10.1 Å². The Kier molecular flexibility index (Phi) is 3.57. The van der Waals surface area contributed by atoms with Crippen molar-refractivity contribution in [2.45, 2.75) is 18.9 Å². The van der Waals surface area contributed by atoms with Crippen LogP contribution in [0, 0.1) is 5.82 Å². The fourth-order valence-electron chi connectivity index (χ4n) is 2.84. The molecule has 120 valence electrons. The topological polar surface area (TPSA) is 65.2 Å². The Balaban J connectivity index is 1.86. The van der Waals surface area contributed by atoms with Crippen LogP contribution in [-0.4, -0.2) is 16.1 Å². The molecule has 0 aliphatic carbocycles. The molecule has 1 fully saturated rings. The number of carbonyl (C=O) groups is 1. The van der Waals surface area contributed by atoms with E-state index in [1.165, 1.54) is 12.1 Å². The average Bonchev–Trinajstić information content (AvgIpc) is 3.22. The molecule has 0 bridgehead atoms. The van der Waals surface area contributed by atoms with Gasteiger partial charge in [-0.25, -0.2) is 4.39 Å². The minimum absolute atomic E-state index is 0.250. The van der Waals surface area contributed by atoms with Crippen LogP contribution in [0.4, 0.5) is 4.39 Å². The van der Waals surface area contributed by atoms with Crippen LogP contribution in [0.5, 0.6) is 0 Å². The number of nitrogens with zero attached hydrogens (tertiary/aromatic N) is 2. The van der Waals surface area contributed by atoms with Crippen molar-refractivity contribution < 1.29 is 18.4 Å². The second-order valence-electron chi connectivity index (χ2n) is 5.53. The fourth-order valence-corrected chi connectivity index (χ4v) is 2.84. The molecule has 2 aromatic heterocycles. The summed E-state index contributed by atoms with van der Waals surface area (Å²) in [5, 5.41) is 4.15. The van der Waals surface area contributed by atoms with Gasteiger partial charge in [-0.05, 0) is 42.0 Å². The summed E-state index contributed by atoms with van der Waals surface area (Å²) in [7, 11) is 0. The van der Waals surface area contributed by atoms with Crippen molar-refractivity contribution >= 4 is 5.97 Å². The Morgan fingerprint density at radius 1 is 1.04 bits per heavy atom. The smallest absolute Gasteiger partial charge is 0.306 e. The van der Waals surface area contributed by atoms with E-state index < -0.39 is 6.10 Å². The Hall–Kier alpha value is -3.02. The zero-order chi connectivity index (χ0) is 16.5. The number of esters is 1. The standard InChI is InChI=1S/C18H13FN2O3/c19-13-3-1-12(2-4-13)17-16(11-7-9-20-10-8-11)18(24-21-17)14-5-6-15(22)23-14/h1-4,7-10,14H,5-6H2. The van der Waals surface area contributed by atoms with Crippen LogP contribution in [-0.2, 0) is 9.53 Å². The highest BCUT2D eigenvalue weighted by Crippen LogP contribution is 2.41. The van der Waals surface area contributed by atoms with E-state index in [9.17, 15) is 9.18 Å². The normalized spacial score (nSPS) is 17.0. The number of benzene rings is 1. The van der Waals surface area contributed by atoms with Gasteiger partial charge >= 0.3 is 5.97 Å². The van der Waals surface area contributed by atoms with Crippen molar-refractivity contribution in [3.63, 3.8) is 0 Å². The molecule has 1 atom stereocenters. The van der Waals surface area contributed by atoms with Gasteiger partial charge in [0.05, 0.1) is 5.56 Å². The van der Waals surface area contributed by atoms with Gasteiger partial charge in [0.15, 0.2) is 11.9 Å². The quantitative estimate of drug-likeness (QED) is 0.683. The van der Waals surface area contributed by atoms with Crippen LogP contribution in [0.3, 0.4) is 0 Å². The summed E-state index contributed by atoms with van der Waals surface area (Å²) >= 11 is 0. The molecule has 1 aromatic carbocycles. The van der Waals surface area contributed by atoms with Gasteiger partial charge in [0.2, 0.25) is 0 Å². The molecule has 3 aromatic rings. The molecule has 24 heavy (non-hydrogen) atoms. The van der Waals surface area contributed by atoms with Gasteiger partial charge in [-0.2, -0.15) is 0 Å². The lowest BCUT2D eigenvalue weighted by Crippen LogP contribution is -1.99. The Morgan fingerprint density at radius 3 is 2.46 bits per heavy atom. The first-order chi connectivity index (χ1) is 11.7. The molecule has 4 rings (SSSR count). The highest BCUT2D eigenvalue weighted by molar-refractivity contribution is 5.82. The maximum absolute atomic E-state index is 13.2. The SMILES string of the molecule is O=C1CCC(c2onc(-c3ccc(F)cc3)c2-c2ccncc2)O1. The number of halogens is 1. The molecular formula is C18H13FN2O3. The minimum Gasteiger partial charge on any atom is -0.454 e. The van der Waals surface area contributed by atoms with Gasteiger partial charge < -0.3 is 9.26 Å². The number of pyridine rings is 1. The molecule has 0 spiro atoms. The molecule has 1 aliphatic rings. The lowest BCUT2D eigenvalue weighted by atomic mass is 9.97. The molecule has 1 aliphatic heterocycles. The summed E-state index contributed by atoms with van der Waals surface area (Å²) < 4.78 is 24.1. The van der Waals surface area contributed by atoms with Crippen molar-refractivity contribution in [2.24, 2.45) is 0 Å². The molecule has 1 saturated heterocycles. The van der Waals surface area contributed by atoms with Crippen molar-refractivity contribution in [2.75, 3.05) is 0 Å². The van der Waals surface area contributed by atoms with Crippen molar-refractivity contribution in [3.05, 3.63) is 60.4 Å². The van der Waals surface area contributed by atoms with E-state index in [0.717, 1.165) is 16.7 Å². The lowest BCUT2D eigenvalue weighted by molar-refractivity contribution is -0.142. The van der Waals surface area contributed by atoms with Crippen LogP contribution in [0.15, 0.2) is 53.3 Å². The summed E-state index contributed by atoms with van der Waals surface area (Å²) in [6, 6.07) is 9.69. The number of hydrogen-bond acceptors (Lipinski definition) is 5. The van der Waals surface area contributed by atoms with Crippen LogP contribution in [0.1, 0.15) is 24.7 Å². The number of hydrogen-bond donors (Lipinski definition) is 0. The van der Waals surface area contributed by atoms with Crippen molar-refractivity contribution in [1.29, 1.82) is 0 Å². The third-order valence-corrected chi connectivity index (χ3v) is 3.98. The maximum Gasteiger partial charge on any atom is 0.306 e. The highest BCUT2D eigenvalue weighted by Gasteiger charge is 2.33. The Labute approximate surface area is 137 Å². The molecule has 0 radical (unpaired) electrons. The van der Waals surface area contributed by atoms with E-state index in [1.54, 1.807) is 24.5 Å². The third kappa shape index (κ3) is 2.56. The molecule has 1 unspecified atom stereocenters. The van der Waals surface area contributed by atoms with E-state index in [4.69, 9.17) is 9.26 Å². The van der Waals surface area contributed by atoms with Gasteiger partial charge in [-0.3, -0.25) is 9.78 Å². The average molecular weight is 324 g/mol.